The number of rotatable bonds is 4. The van der Waals surface area contributed by atoms with Crippen LogP contribution in [0.5, 0.6) is 5.75 Å². The second kappa shape index (κ2) is 7.15. The van der Waals surface area contributed by atoms with Crippen LogP contribution in [0.1, 0.15) is 25.3 Å². The van der Waals surface area contributed by atoms with Gasteiger partial charge in [-0.2, -0.15) is 5.26 Å². The Labute approximate surface area is 130 Å². The van der Waals surface area contributed by atoms with Crippen molar-refractivity contribution >= 4 is 0 Å². The van der Waals surface area contributed by atoms with Gasteiger partial charge >= 0.3 is 0 Å². The van der Waals surface area contributed by atoms with Crippen LogP contribution in [-0.4, -0.2) is 6.10 Å². The number of allylic oxidation sites excluding steroid dienone is 3. The minimum absolute atomic E-state index is 0.186. The molecule has 0 saturated carbocycles. The summed E-state index contributed by atoms with van der Waals surface area (Å²) in [6.07, 6.45) is 10.9. The summed E-state index contributed by atoms with van der Waals surface area (Å²) in [5, 5.41) is 17.2. The van der Waals surface area contributed by atoms with E-state index >= 15 is 0 Å². The fourth-order valence-corrected chi connectivity index (χ4v) is 2.38. The van der Waals surface area contributed by atoms with Gasteiger partial charge in [0.25, 0.3) is 12.5 Å². The maximum atomic E-state index is 8.67. The smallest absolute Gasteiger partial charge is 0.292 e. The standard InChI is InChI=1S/C18H16N2O2/c1-3-14-10-16(6-9-18(14)22-12-20)13(2)15-4-7-17(8-5-15)21-11-19/h3-10,13,18H,1-2H3. The molecule has 0 amide bonds. The second-order valence-corrected chi connectivity index (χ2v) is 4.91. The lowest BCUT2D eigenvalue weighted by Gasteiger charge is -2.21. The maximum Gasteiger partial charge on any atom is 0.292 e. The minimum Gasteiger partial charge on any atom is -0.415 e. The van der Waals surface area contributed by atoms with Crippen LogP contribution in [0, 0.1) is 23.0 Å². The molecule has 2 atom stereocenters. The van der Waals surface area contributed by atoms with E-state index in [4.69, 9.17) is 20.0 Å². The topological polar surface area (TPSA) is 66.0 Å². The third-order valence-electron chi connectivity index (χ3n) is 3.68. The molecule has 4 nitrogen and oxygen atoms in total. The molecule has 22 heavy (non-hydrogen) atoms. The van der Waals surface area contributed by atoms with E-state index in [0.717, 1.165) is 16.7 Å². The maximum absolute atomic E-state index is 8.67. The zero-order chi connectivity index (χ0) is 15.9. The first-order chi connectivity index (χ1) is 10.7. The predicted octanol–water partition coefficient (Wildman–Crippen LogP) is 3.96. The van der Waals surface area contributed by atoms with Gasteiger partial charge in [-0.05, 0) is 41.8 Å². The van der Waals surface area contributed by atoms with Crippen molar-refractivity contribution in [2.75, 3.05) is 0 Å². The lowest BCUT2D eigenvalue weighted by Crippen LogP contribution is -2.13. The molecule has 1 aromatic rings. The van der Waals surface area contributed by atoms with Crippen molar-refractivity contribution in [3.63, 3.8) is 0 Å². The molecule has 1 aliphatic rings. The molecule has 0 fully saturated rings. The molecular weight excluding hydrogens is 276 g/mol. The van der Waals surface area contributed by atoms with E-state index in [2.05, 4.69) is 6.92 Å². The largest absolute Gasteiger partial charge is 0.415 e. The van der Waals surface area contributed by atoms with E-state index in [0.29, 0.717) is 5.75 Å². The number of hydrogen-bond acceptors (Lipinski definition) is 4. The van der Waals surface area contributed by atoms with Crippen molar-refractivity contribution in [2.24, 2.45) is 0 Å². The number of ether oxygens (including phenoxy) is 2. The highest BCUT2D eigenvalue weighted by Crippen LogP contribution is 2.31. The lowest BCUT2D eigenvalue weighted by molar-refractivity contribution is 0.239. The molecule has 2 rings (SSSR count). The normalized spacial score (nSPS) is 19.7. The van der Waals surface area contributed by atoms with Gasteiger partial charge in [-0.1, -0.05) is 37.3 Å². The van der Waals surface area contributed by atoms with Gasteiger partial charge in [-0.15, -0.1) is 5.26 Å². The molecule has 0 saturated heterocycles. The quantitative estimate of drug-likeness (QED) is 0.788. The predicted molar refractivity (Wildman–Crippen MR) is 82.6 cm³/mol. The summed E-state index contributed by atoms with van der Waals surface area (Å²) in [5.41, 5.74) is 3.23. The molecule has 0 spiro atoms. The first kappa shape index (κ1) is 15.4. The molecule has 0 aliphatic heterocycles. The molecule has 1 aliphatic carbocycles. The van der Waals surface area contributed by atoms with Gasteiger partial charge < -0.3 is 9.47 Å². The average molecular weight is 292 g/mol. The van der Waals surface area contributed by atoms with Crippen molar-refractivity contribution < 1.29 is 9.47 Å². The van der Waals surface area contributed by atoms with Gasteiger partial charge in [0.2, 0.25) is 0 Å². The van der Waals surface area contributed by atoms with Crippen molar-refractivity contribution in [1.82, 2.24) is 0 Å². The van der Waals surface area contributed by atoms with E-state index in [9.17, 15) is 0 Å². The third-order valence-corrected chi connectivity index (χ3v) is 3.68. The third kappa shape index (κ3) is 3.37. The monoisotopic (exact) mass is 292 g/mol. The molecule has 0 aromatic heterocycles. The van der Waals surface area contributed by atoms with Crippen LogP contribution >= 0.6 is 0 Å². The van der Waals surface area contributed by atoms with Crippen molar-refractivity contribution in [3.05, 3.63) is 65.3 Å². The number of hydrogen-bond donors (Lipinski definition) is 0. The first-order valence-electron chi connectivity index (χ1n) is 6.96. The Hall–Kier alpha value is -2.98. The van der Waals surface area contributed by atoms with Crippen LogP contribution in [0.3, 0.4) is 0 Å². The highest BCUT2D eigenvalue weighted by Gasteiger charge is 2.18. The Morgan fingerprint density at radius 1 is 1.18 bits per heavy atom. The summed E-state index contributed by atoms with van der Waals surface area (Å²) < 4.78 is 9.80. The molecule has 0 radical (unpaired) electrons. The van der Waals surface area contributed by atoms with Gasteiger partial charge in [0, 0.05) is 5.92 Å². The zero-order valence-corrected chi connectivity index (χ0v) is 12.5. The summed E-state index contributed by atoms with van der Waals surface area (Å²) in [6, 6.07) is 7.44. The fourth-order valence-electron chi connectivity index (χ4n) is 2.38. The fraction of sp³-hybridized carbons (Fsp3) is 0.222. The Balaban J connectivity index is 2.20. The summed E-state index contributed by atoms with van der Waals surface area (Å²) in [4.78, 5) is 0. The van der Waals surface area contributed by atoms with E-state index in [-0.39, 0.29) is 12.0 Å². The van der Waals surface area contributed by atoms with E-state index in [1.807, 2.05) is 43.4 Å². The van der Waals surface area contributed by atoms with Crippen molar-refractivity contribution in [3.8, 4) is 18.3 Å². The van der Waals surface area contributed by atoms with Crippen LogP contribution in [0.25, 0.3) is 0 Å². The highest BCUT2D eigenvalue weighted by molar-refractivity contribution is 5.46. The van der Waals surface area contributed by atoms with Crippen molar-refractivity contribution in [1.29, 1.82) is 10.5 Å². The highest BCUT2D eigenvalue weighted by atomic mass is 16.5. The van der Waals surface area contributed by atoms with E-state index in [1.165, 1.54) is 0 Å². The summed E-state index contributed by atoms with van der Waals surface area (Å²) in [7, 11) is 0. The van der Waals surface area contributed by atoms with Gasteiger partial charge in [-0.3, -0.25) is 0 Å². The Kier molecular flexibility index (Phi) is 5.01. The Morgan fingerprint density at radius 2 is 1.91 bits per heavy atom. The average Bonchev–Trinajstić information content (AvgIpc) is 2.56. The number of nitrogens with zero attached hydrogens (tertiary/aromatic N) is 2. The molecule has 0 N–H and O–H groups in total. The molecule has 0 heterocycles. The van der Waals surface area contributed by atoms with Gasteiger partial charge in [0.1, 0.15) is 5.75 Å². The molecule has 4 heteroatoms. The van der Waals surface area contributed by atoms with Crippen LogP contribution in [0.2, 0.25) is 0 Å². The number of nitriles is 2. The first-order valence-corrected chi connectivity index (χ1v) is 6.96. The van der Waals surface area contributed by atoms with Gasteiger partial charge in [0.15, 0.2) is 6.10 Å². The Bertz CT molecular complexity index is 700. The van der Waals surface area contributed by atoms with Crippen LogP contribution in [0.4, 0.5) is 0 Å². The summed E-state index contributed by atoms with van der Waals surface area (Å²) in [6.45, 7) is 4.03. The van der Waals surface area contributed by atoms with Crippen LogP contribution in [0.15, 0.2) is 59.7 Å². The summed E-state index contributed by atoms with van der Waals surface area (Å²) in [5.74, 6) is 0.716. The molecular formula is C18H16N2O2. The molecule has 0 bridgehead atoms. The second-order valence-electron chi connectivity index (χ2n) is 4.91. The lowest BCUT2D eigenvalue weighted by atomic mass is 9.87. The van der Waals surface area contributed by atoms with E-state index < -0.39 is 0 Å². The zero-order valence-electron chi connectivity index (χ0n) is 12.5. The van der Waals surface area contributed by atoms with Gasteiger partial charge in [-0.25, -0.2) is 0 Å². The Morgan fingerprint density at radius 3 is 2.50 bits per heavy atom. The van der Waals surface area contributed by atoms with E-state index in [1.54, 1.807) is 24.6 Å². The van der Waals surface area contributed by atoms with Crippen LogP contribution < -0.4 is 4.74 Å². The number of benzene rings is 1. The molecule has 1 aromatic carbocycles. The summed E-state index contributed by atoms with van der Waals surface area (Å²) >= 11 is 0. The molecule has 2 unspecified atom stereocenters. The van der Waals surface area contributed by atoms with Crippen molar-refractivity contribution in [2.45, 2.75) is 25.9 Å². The van der Waals surface area contributed by atoms with Crippen LogP contribution in [-0.2, 0) is 4.74 Å². The minimum atomic E-state index is -0.308. The SMILES string of the molecule is CC=C1C=C(C(C)c2ccc(OC#N)cc2)C=CC1OC#N. The molecule has 110 valence electrons. The van der Waals surface area contributed by atoms with Gasteiger partial charge in [0.05, 0.1) is 0 Å².